The van der Waals surface area contributed by atoms with Crippen LogP contribution >= 0.6 is 0 Å². The molecule has 2 nitrogen and oxygen atoms in total. The molecule has 88 valence electrons. The quantitative estimate of drug-likeness (QED) is 0.706. The van der Waals surface area contributed by atoms with E-state index in [2.05, 4.69) is 6.07 Å². The molecule has 2 heteroatoms. The highest BCUT2D eigenvalue weighted by Crippen LogP contribution is 2.26. The molecule has 1 aliphatic carbocycles. The Hall–Kier alpha value is -1.02. The number of phenols is 1. The topological polar surface area (TPSA) is 40.5 Å². The number of hydrogen-bond donors (Lipinski definition) is 2. The van der Waals surface area contributed by atoms with Gasteiger partial charge in [0.05, 0.1) is 6.10 Å². The maximum absolute atomic E-state index is 9.84. The van der Waals surface area contributed by atoms with E-state index in [1.54, 1.807) is 6.07 Å². The molecule has 0 fully saturated rings. The molecule has 0 saturated carbocycles. The Bertz CT molecular complexity index is 347. The molecule has 0 bridgehead atoms. The molecule has 0 heterocycles. The Balaban J connectivity index is 2.17. The van der Waals surface area contributed by atoms with Crippen molar-refractivity contribution in [3.63, 3.8) is 0 Å². The van der Waals surface area contributed by atoms with E-state index in [1.165, 1.54) is 5.56 Å². The predicted octanol–water partition coefficient (Wildman–Crippen LogP) is 2.80. The number of fused-ring (bicyclic) bond motifs is 1. The van der Waals surface area contributed by atoms with Crippen LogP contribution in [0.15, 0.2) is 18.2 Å². The molecule has 0 amide bonds. The summed E-state index contributed by atoms with van der Waals surface area (Å²) >= 11 is 0. The van der Waals surface area contributed by atoms with Gasteiger partial charge in [0.25, 0.3) is 0 Å². The Morgan fingerprint density at radius 1 is 1.00 bits per heavy atom. The first-order chi connectivity index (χ1) is 7.77. The zero-order valence-electron chi connectivity index (χ0n) is 9.65. The fraction of sp³-hybridized carbons (Fsp3) is 0.571. The van der Waals surface area contributed by atoms with Gasteiger partial charge in [-0.15, -0.1) is 0 Å². The molecular formula is C14H20O2. The van der Waals surface area contributed by atoms with E-state index < -0.39 is 0 Å². The van der Waals surface area contributed by atoms with Crippen molar-refractivity contribution in [2.45, 2.75) is 51.0 Å². The minimum Gasteiger partial charge on any atom is -0.508 e. The molecule has 0 spiro atoms. The van der Waals surface area contributed by atoms with Crippen LogP contribution in [0.5, 0.6) is 5.75 Å². The summed E-state index contributed by atoms with van der Waals surface area (Å²) in [7, 11) is 0. The van der Waals surface area contributed by atoms with Gasteiger partial charge in [0.15, 0.2) is 0 Å². The average molecular weight is 220 g/mol. The summed E-state index contributed by atoms with van der Waals surface area (Å²) in [5.41, 5.74) is 2.38. The number of aromatic hydroxyl groups is 1. The van der Waals surface area contributed by atoms with Crippen molar-refractivity contribution in [2.75, 3.05) is 0 Å². The van der Waals surface area contributed by atoms with E-state index in [0.717, 1.165) is 50.5 Å². The molecule has 1 unspecified atom stereocenters. The van der Waals surface area contributed by atoms with E-state index in [0.29, 0.717) is 5.75 Å². The lowest BCUT2D eigenvalue weighted by Gasteiger charge is -2.16. The van der Waals surface area contributed by atoms with E-state index in [-0.39, 0.29) is 6.10 Å². The normalized spacial score (nSPS) is 22.4. The van der Waals surface area contributed by atoms with Gasteiger partial charge in [0.2, 0.25) is 0 Å². The maximum Gasteiger partial charge on any atom is 0.119 e. The molecule has 0 saturated heterocycles. The molecule has 1 atom stereocenters. The first-order valence-corrected chi connectivity index (χ1v) is 6.25. The maximum atomic E-state index is 9.84. The number of hydrogen-bond acceptors (Lipinski definition) is 2. The Morgan fingerprint density at radius 2 is 1.81 bits per heavy atom. The van der Waals surface area contributed by atoms with Gasteiger partial charge in [0.1, 0.15) is 5.75 Å². The van der Waals surface area contributed by atoms with Gasteiger partial charge >= 0.3 is 0 Å². The minimum atomic E-state index is -0.146. The van der Waals surface area contributed by atoms with Gasteiger partial charge in [0, 0.05) is 0 Å². The molecule has 1 aliphatic rings. The van der Waals surface area contributed by atoms with E-state index >= 15 is 0 Å². The standard InChI is InChI=1S/C14H20O2/c15-12-7-2-1-5-11-6-3-10-14(16)13(11)9-4-8-12/h3,6,10,12,15-16H,1-2,4-5,7-9H2. The van der Waals surface area contributed by atoms with Gasteiger partial charge in [-0.3, -0.25) is 0 Å². The fourth-order valence-electron chi connectivity index (χ4n) is 2.50. The van der Waals surface area contributed by atoms with Gasteiger partial charge < -0.3 is 10.2 Å². The van der Waals surface area contributed by atoms with Crippen LogP contribution in [0, 0.1) is 0 Å². The molecule has 0 aliphatic heterocycles. The minimum absolute atomic E-state index is 0.146. The highest BCUT2D eigenvalue weighted by Gasteiger charge is 2.12. The Morgan fingerprint density at radius 3 is 2.69 bits per heavy atom. The zero-order valence-corrected chi connectivity index (χ0v) is 9.65. The van der Waals surface area contributed by atoms with E-state index in [1.807, 2.05) is 6.07 Å². The lowest BCUT2D eigenvalue weighted by molar-refractivity contribution is 0.148. The smallest absolute Gasteiger partial charge is 0.119 e. The Labute approximate surface area is 96.9 Å². The molecular weight excluding hydrogens is 200 g/mol. The molecule has 0 radical (unpaired) electrons. The Kier molecular flexibility index (Phi) is 3.83. The summed E-state index contributed by atoms with van der Waals surface area (Å²) in [4.78, 5) is 0. The summed E-state index contributed by atoms with van der Waals surface area (Å²) in [6, 6.07) is 5.81. The van der Waals surface area contributed by atoms with Gasteiger partial charge in [-0.2, -0.15) is 0 Å². The van der Waals surface area contributed by atoms with Crippen LogP contribution < -0.4 is 0 Å². The number of benzene rings is 1. The van der Waals surface area contributed by atoms with Crippen LogP contribution in [0.2, 0.25) is 0 Å². The molecule has 1 aromatic carbocycles. The van der Waals surface area contributed by atoms with Gasteiger partial charge in [-0.1, -0.05) is 18.6 Å². The zero-order chi connectivity index (χ0) is 11.4. The first-order valence-electron chi connectivity index (χ1n) is 6.25. The molecule has 16 heavy (non-hydrogen) atoms. The number of aliphatic hydroxyl groups excluding tert-OH is 1. The van der Waals surface area contributed by atoms with Crippen molar-refractivity contribution in [1.82, 2.24) is 0 Å². The van der Waals surface area contributed by atoms with Crippen molar-refractivity contribution in [2.24, 2.45) is 0 Å². The lowest BCUT2D eigenvalue weighted by Crippen LogP contribution is -2.09. The third-order valence-corrected chi connectivity index (χ3v) is 3.45. The SMILES string of the molecule is Oc1cccc2c1CCCC(O)CCCC2. The third-order valence-electron chi connectivity index (χ3n) is 3.45. The van der Waals surface area contributed by atoms with Crippen molar-refractivity contribution in [3.8, 4) is 5.75 Å². The van der Waals surface area contributed by atoms with Crippen molar-refractivity contribution in [1.29, 1.82) is 0 Å². The second kappa shape index (κ2) is 5.35. The largest absolute Gasteiger partial charge is 0.508 e. The van der Waals surface area contributed by atoms with Crippen LogP contribution in [0.1, 0.15) is 43.2 Å². The van der Waals surface area contributed by atoms with Crippen molar-refractivity contribution < 1.29 is 10.2 Å². The van der Waals surface area contributed by atoms with Gasteiger partial charge in [-0.25, -0.2) is 0 Å². The molecule has 1 aromatic rings. The summed E-state index contributed by atoms with van der Waals surface area (Å²) < 4.78 is 0. The van der Waals surface area contributed by atoms with Crippen LogP contribution in [-0.4, -0.2) is 16.3 Å². The summed E-state index contributed by atoms with van der Waals surface area (Å²) in [5.74, 6) is 0.424. The van der Waals surface area contributed by atoms with Crippen molar-refractivity contribution in [3.05, 3.63) is 29.3 Å². The fourth-order valence-corrected chi connectivity index (χ4v) is 2.50. The molecule has 0 aromatic heterocycles. The number of rotatable bonds is 0. The van der Waals surface area contributed by atoms with Crippen LogP contribution in [-0.2, 0) is 12.8 Å². The average Bonchev–Trinajstić information content (AvgIpc) is 2.28. The van der Waals surface area contributed by atoms with Crippen LogP contribution in [0.4, 0.5) is 0 Å². The molecule has 2 N–H and O–H groups in total. The second-order valence-corrected chi connectivity index (χ2v) is 4.71. The number of aryl methyl sites for hydroxylation is 1. The lowest BCUT2D eigenvalue weighted by atomic mass is 9.93. The monoisotopic (exact) mass is 220 g/mol. The van der Waals surface area contributed by atoms with E-state index in [4.69, 9.17) is 0 Å². The highest BCUT2D eigenvalue weighted by molar-refractivity contribution is 5.39. The number of aliphatic hydroxyl groups is 1. The summed E-state index contributed by atoms with van der Waals surface area (Å²) in [6.45, 7) is 0. The van der Waals surface area contributed by atoms with Crippen LogP contribution in [0.25, 0.3) is 0 Å². The second-order valence-electron chi connectivity index (χ2n) is 4.71. The van der Waals surface area contributed by atoms with Crippen molar-refractivity contribution >= 4 is 0 Å². The predicted molar refractivity (Wildman–Crippen MR) is 64.6 cm³/mol. The highest BCUT2D eigenvalue weighted by atomic mass is 16.3. The van der Waals surface area contributed by atoms with Gasteiger partial charge in [-0.05, 0) is 55.7 Å². The third kappa shape index (κ3) is 2.76. The first kappa shape index (κ1) is 11.5. The van der Waals surface area contributed by atoms with Crippen LogP contribution in [0.3, 0.4) is 0 Å². The molecule has 2 rings (SSSR count). The summed E-state index contributed by atoms with van der Waals surface area (Å²) in [6.07, 6.45) is 6.69. The summed E-state index contributed by atoms with van der Waals surface area (Å²) in [5, 5.41) is 19.5. The van der Waals surface area contributed by atoms with E-state index in [9.17, 15) is 10.2 Å². The number of phenolic OH excluding ortho intramolecular Hbond substituents is 1.